The first-order chi connectivity index (χ1) is 9.95. The van der Waals surface area contributed by atoms with E-state index in [0.29, 0.717) is 19.0 Å². The molecule has 0 unspecified atom stereocenters. The van der Waals surface area contributed by atoms with Gasteiger partial charge >= 0.3 is 0 Å². The molecule has 0 aliphatic carbocycles. The fraction of sp³-hybridized carbons (Fsp3) is 0.571. The molecule has 1 aromatic carbocycles. The summed E-state index contributed by atoms with van der Waals surface area (Å²) in [6.45, 7) is 1.97. The summed E-state index contributed by atoms with van der Waals surface area (Å²) >= 11 is 3.03. The van der Waals surface area contributed by atoms with Gasteiger partial charge in [-0.25, -0.2) is 12.8 Å². The third kappa shape index (κ3) is 4.03. The molecule has 0 saturated carbocycles. The first kappa shape index (κ1) is 16.9. The summed E-state index contributed by atoms with van der Waals surface area (Å²) in [5.41, 5.74) is 0. The third-order valence-electron chi connectivity index (χ3n) is 3.90. The second kappa shape index (κ2) is 7.17. The van der Waals surface area contributed by atoms with E-state index >= 15 is 0 Å². The number of piperidine rings is 1. The molecule has 21 heavy (non-hydrogen) atoms. The van der Waals surface area contributed by atoms with E-state index in [1.807, 2.05) is 7.05 Å². The van der Waals surface area contributed by atoms with E-state index in [1.165, 1.54) is 16.4 Å². The zero-order valence-corrected chi connectivity index (χ0v) is 14.4. The van der Waals surface area contributed by atoms with Gasteiger partial charge in [0.15, 0.2) is 0 Å². The molecule has 1 saturated heterocycles. The third-order valence-corrected chi connectivity index (χ3v) is 6.44. The summed E-state index contributed by atoms with van der Waals surface area (Å²) in [5.74, 6) is 0.00513. The number of hydrogen-bond acceptors (Lipinski definition) is 3. The second-order valence-electron chi connectivity index (χ2n) is 5.32. The lowest BCUT2D eigenvalue weighted by Gasteiger charge is -2.31. The summed E-state index contributed by atoms with van der Waals surface area (Å²) in [6.07, 6.45) is 2.79. The van der Waals surface area contributed by atoms with Gasteiger partial charge in [0.1, 0.15) is 5.82 Å². The summed E-state index contributed by atoms with van der Waals surface area (Å²) < 4.78 is 40.3. The topological polar surface area (TPSA) is 49.4 Å². The number of halogens is 2. The molecule has 1 heterocycles. The molecule has 118 valence electrons. The van der Waals surface area contributed by atoms with Gasteiger partial charge < -0.3 is 5.32 Å². The van der Waals surface area contributed by atoms with E-state index < -0.39 is 15.8 Å². The molecule has 1 aromatic rings. The summed E-state index contributed by atoms with van der Waals surface area (Å²) in [6, 6.07) is 3.95. The van der Waals surface area contributed by atoms with Crippen molar-refractivity contribution in [1.29, 1.82) is 0 Å². The van der Waals surface area contributed by atoms with Crippen LogP contribution >= 0.6 is 15.9 Å². The number of sulfonamides is 1. The maximum absolute atomic E-state index is 13.5. The maximum atomic E-state index is 13.5. The van der Waals surface area contributed by atoms with Gasteiger partial charge in [0.25, 0.3) is 0 Å². The molecule has 1 aliphatic rings. The van der Waals surface area contributed by atoms with Gasteiger partial charge in [-0.2, -0.15) is 4.31 Å². The quantitative estimate of drug-likeness (QED) is 0.856. The molecule has 7 heteroatoms. The van der Waals surface area contributed by atoms with Crippen molar-refractivity contribution in [2.45, 2.75) is 24.2 Å². The molecule has 4 nitrogen and oxygen atoms in total. The summed E-state index contributed by atoms with van der Waals surface area (Å²) in [7, 11) is -1.67. The van der Waals surface area contributed by atoms with Gasteiger partial charge in [0.05, 0.1) is 9.37 Å². The minimum absolute atomic E-state index is 0.0249. The number of rotatable bonds is 5. The number of nitrogens with one attached hydrogen (secondary N) is 1. The Bertz CT molecular complexity index is 587. The van der Waals surface area contributed by atoms with Crippen LogP contribution < -0.4 is 5.32 Å². The van der Waals surface area contributed by atoms with Crippen LogP contribution in [-0.4, -0.2) is 39.4 Å². The van der Waals surface area contributed by atoms with Crippen LogP contribution in [0.15, 0.2) is 27.6 Å². The van der Waals surface area contributed by atoms with Crippen LogP contribution in [0.3, 0.4) is 0 Å². The van der Waals surface area contributed by atoms with E-state index in [4.69, 9.17) is 0 Å². The van der Waals surface area contributed by atoms with E-state index in [-0.39, 0.29) is 9.37 Å². The van der Waals surface area contributed by atoms with Gasteiger partial charge in [-0.3, -0.25) is 0 Å². The molecule has 0 atom stereocenters. The molecular weight excluding hydrogens is 359 g/mol. The number of hydrogen-bond donors (Lipinski definition) is 1. The summed E-state index contributed by atoms with van der Waals surface area (Å²) in [5, 5.41) is 3.12. The van der Waals surface area contributed by atoms with Crippen molar-refractivity contribution in [3.05, 3.63) is 28.5 Å². The van der Waals surface area contributed by atoms with Crippen LogP contribution in [0.5, 0.6) is 0 Å². The largest absolute Gasteiger partial charge is 0.320 e. The fourth-order valence-corrected chi connectivity index (χ4v) is 4.30. The van der Waals surface area contributed by atoms with Crippen LogP contribution in [-0.2, 0) is 10.0 Å². The zero-order chi connectivity index (χ0) is 15.5. The predicted molar refractivity (Wildman–Crippen MR) is 84.1 cm³/mol. The Kier molecular flexibility index (Phi) is 5.76. The van der Waals surface area contributed by atoms with Crippen molar-refractivity contribution in [1.82, 2.24) is 9.62 Å². The Morgan fingerprint density at radius 1 is 1.38 bits per heavy atom. The smallest absolute Gasteiger partial charge is 0.243 e. The normalized spacial score (nSPS) is 18.0. The Morgan fingerprint density at radius 3 is 2.62 bits per heavy atom. The first-order valence-electron chi connectivity index (χ1n) is 7.05. The second-order valence-corrected chi connectivity index (χ2v) is 8.11. The molecular formula is C14H20BrFN2O2S. The van der Waals surface area contributed by atoms with Crippen molar-refractivity contribution < 1.29 is 12.8 Å². The van der Waals surface area contributed by atoms with Gasteiger partial charge in [0, 0.05) is 13.1 Å². The molecule has 0 radical (unpaired) electrons. The van der Waals surface area contributed by atoms with Crippen LogP contribution in [0.25, 0.3) is 0 Å². The lowest BCUT2D eigenvalue weighted by molar-refractivity contribution is 0.263. The fourth-order valence-electron chi connectivity index (χ4n) is 2.57. The SMILES string of the molecule is CNCCC1CCN(S(=O)(=O)c2ccc(Br)c(F)c2)CC1. The first-order valence-corrected chi connectivity index (χ1v) is 9.28. The summed E-state index contributed by atoms with van der Waals surface area (Å²) in [4.78, 5) is 0.0249. The van der Waals surface area contributed by atoms with Crippen LogP contribution in [0, 0.1) is 11.7 Å². The Hall–Kier alpha value is -0.500. The maximum Gasteiger partial charge on any atom is 0.243 e. The van der Waals surface area contributed by atoms with Crippen molar-refractivity contribution in [3.63, 3.8) is 0 Å². The zero-order valence-electron chi connectivity index (χ0n) is 12.0. The average molecular weight is 379 g/mol. The van der Waals surface area contributed by atoms with E-state index in [1.54, 1.807) is 0 Å². The van der Waals surface area contributed by atoms with Crippen molar-refractivity contribution in [3.8, 4) is 0 Å². The molecule has 1 aliphatic heterocycles. The molecule has 1 fully saturated rings. The minimum atomic E-state index is -3.59. The van der Waals surface area contributed by atoms with Crippen LogP contribution in [0.1, 0.15) is 19.3 Å². The predicted octanol–water partition coefficient (Wildman–Crippen LogP) is 2.60. The van der Waals surface area contributed by atoms with Crippen molar-refractivity contribution in [2.24, 2.45) is 5.92 Å². The highest BCUT2D eigenvalue weighted by Gasteiger charge is 2.29. The van der Waals surface area contributed by atoms with Gasteiger partial charge in [0.2, 0.25) is 10.0 Å². The minimum Gasteiger partial charge on any atom is -0.320 e. The molecule has 0 bridgehead atoms. The highest BCUT2D eigenvalue weighted by molar-refractivity contribution is 9.10. The lowest BCUT2D eigenvalue weighted by atomic mass is 9.95. The van der Waals surface area contributed by atoms with E-state index in [0.717, 1.165) is 31.9 Å². The van der Waals surface area contributed by atoms with E-state index in [2.05, 4.69) is 21.2 Å². The monoisotopic (exact) mass is 378 g/mol. The Labute approximate surface area is 133 Å². The Morgan fingerprint density at radius 2 is 2.05 bits per heavy atom. The molecule has 0 aromatic heterocycles. The van der Waals surface area contributed by atoms with Crippen molar-refractivity contribution in [2.75, 3.05) is 26.7 Å². The number of nitrogens with zero attached hydrogens (tertiary/aromatic N) is 1. The lowest BCUT2D eigenvalue weighted by Crippen LogP contribution is -2.38. The molecule has 1 N–H and O–H groups in total. The van der Waals surface area contributed by atoms with Crippen LogP contribution in [0.4, 0.5) is 4.39 Å². The molecule has 0 spiro atoms. The molecule has 2 rings (SSSR count). The Balaban J connectivity index is 2.06. The van der Waals surface area contributed by atoms with Gasteiger partial charge in [-0.1, -0.05) is 0 Å². The van der Waals surface area contributed by atoms with Crippen molar-refractivity contribution >= 4 is 26.0 Å². The standard InChI is InChI=1S/C14H20BrFN2O2S/c1-17-7-4-11-5-8-18(9-6-11)21(19,20)12-2-3-13(15)14(16)10-12/h2-3,10-11,17H,4-9H2,1H3. The molecule has 0 amide bonds. The van der Waals surface area contributed by atoms with Gasteiger partial charge in [-0.15, -0.1) is 0 Å². The highest BCUT2D eigenvalue weighted by Crippen LogP contribution is 2.27. The van der Waals surface area contributed by atoms with E-state index in [9.17, 15) is 12.8 Å². The number of benzene rings is 1. The highest BCUT2D eigenvalue weighted by atomic mass is 79.9. The average Bonchev–Trinajstić information content (AvgIpc) is 2.48. The van der Waals surface area contributed by atoms with Crippen LogP contribution in [0.2, 0.25) is 0 Å². The van der Waals surface area contributed by atoms with Gasteiger partial charge in [-0.05, 0) is 72.9 Å².